The van der Waals surface area contributed by atoms with E-state index in [1.165, 1.54) is 4.90 Å². The minimum atomic E-state index is -0.195. The van der Waals surface area contributed by atoms with Gasteiger partial charge in [0.05, 0.1) is 11.0 Å². The summed E-state index contributed by atoms with van der Waals surface area (Å²) in [6.07, 6.45) is 0. The first-order valence-corrected chi connectivity index (χ1v) is 9.31. The van der Waals surface area contributed by atoms with E-state index in [1.807, 2.05) is 42.5 Å². The molecule has 134 valence electrons. The average Bonchev–Trinajstić information content (AvgIpc) is 3.10. The molecule has 3 aromatic rings. The first-order valence-electron chi connectivity index (χ1n) is 7.72. The molecular weight excluding hydrogens is 466 g/mol. The van der Waals surface area contributed by atoms with Crippen molar-refractivity contribution in [3.05, 3.63) is 63.4 Å². The summed E-state index contributed by atoms with van der Waals surface area (Å²) in [5.41, 5.74) is 0.837. The van der Waals surface area contributed by atoms with Crippen molar-refractivity contribution < 1.29 is 13.9 Å². The lowest BCUT2D eigenvalue weighted by Crippen LogP contribution is -2.31. The predicted octanol–water partition coefficient (Wildman–Crippen LogP) is 4.30. The van der Waals surface area contributed by atoms with Crippen molar-refractivity contribution in [3.8, 4) is 17.2 Å². The maximum absolute atomic E-state index is 12.3. The van der Waals surface area contributed by atoms with Crippen molar-refractivity contribution in [2.24, 2.45) is 0 Å². The number of rotatable bonds is 6. The number of hydrogen-bond acceptors (Lipinski definition) is 5. The molecule has 8 heteroatoms. The number of halogens is 2. The first-order chi connectivity index (χ1) is 12.5. The fraction of sp³-hybridized carbons (Fsp3) is 0.167. The summed E-state index contributed by atoms with van der Waals surface area (Å²) >= 11 is 6.77. The number of amides is 1. The fourth-order valence-corrected chi connectivity index (χ4v) is 3.31. The summed E-state index contributed by atoms with van der Waals surface area (Å²) in [6, 6.07) is 15.0. The number of carbonyl (C=O) groups excluding carboxylic acids is 1. The Morgan fingerprint density at radius 2 is 1.92 bits per heavy atom. The molecule has 0 bridgehead atoms. The third kappa shape index (κ3) is 4.70. The monoisotopic (exact) mass is 479 g/mol. The van der Waals surface area contributed by atoms with E-state index in [1.54, 1.807) is 13.1 Å². The van der Waals surface area contributed by atoms with E-state index in [9.17, 15) is 4.79 Å². The van der Waals surface area contributed by atoms with E-state index < -0.39 is 0 Å². The summed E-state index contributed by atoms with van der Waals surface area (Å²) in [5, 5.41) is 8.01. The van der Waals surface area contributed by atoms with Crippen LogP contribution in [0.25, 0.3) is 11.5 Å². The normalized spacial score (nSPS) is 10.6. The number of benzene rings is 2. The van der Waals surface area contributed by atoms with Crippen LogP contribution >= 0.6 is 31.9 Å². The number of ether oxygens (including phenoxy) is 1. The molecule has 26 heavy (non-hydrogen) atoms. The Labute approximate surface area is 167 Å². The first kappa shape index (κ1) is 18.6. The average molecular weight is 481 g/mol. The van der Waals surface area contributed by atoms with E-state index >= 15 is 0 Å². The van der Waals surface area contributed by atoms with Crippen LogP contribution < -0.4 is 4.74 Å². The Balaban J connectivity index is 1.57. The van der Waals surface area contributed by atoms with Crippen molar-refractivity contribution in [1.82, 2.24) is 15.1 Å². The number of likely N-dealkylation sites (N-methyl/N-ethyl adjacent to an activating group) is 1. The Kier molecular flexibility index (Phi) is 6.05. The molecule has 0 saturated carbocycles. The molecule has 0 radical (unpaired) electrons. The van der Waals surface area contributed by atoms with Crippen LogP contribution in [-0.4, -0.2) is 34.7 Å². The third-order valence-corrected chi connectivity index (χ3v) is 4.64. The van der Waals surface area contributed by atoms with Gasteiger partial charge < -0.3 is 14.1 Å². The Hall–Kier alpha value is -2.19. The maximum atomic E-state index is 12.3. The second-order valence-corrected chi connectivity index (χ2v) is 7.25. The second-order valence-electron chi connectivity index (χ2n) is 5.48. The van der Waals surface area contributed by atoms with Gasteiger partial charge in [-0.15, -0.1) is 10.2 Å². The van der Waals surface area contributed by atoms with Crippen LogP contribution in [0.4, 0.5) is 0 Å². The van der Waals surface area contributed by atoms with Crippen LogP contribution in [-0.2, 0) is 11.3 Å². The molecule has 0 atom stereocenters. The van der Waals surface area contributed by atoms with Gasteiger partial charge in [0.15, 0.2) is 6.61 Å². The largest absolute Gasteiger partial charge is 0.483 e. The molecule has 6 nitrogen and oxygen atoms in total. The molecular formula is C18H15Br2N3O3. The zero-order chi connectivity index (χ0) is 18.5. The number of aromatic nitrogens is 2. The number of hydrogen-bond donors (Lipinski definition) is 0. The van der Waals surface area contributed by atoms with Crippen LogP contribution in [0.5, 0.6) is 5.75 Å². The smallest absolute Gasteiger partial charge is 0.260 e. The molecule has 0 spiro atoms. The summed E-state index contributed by atoms with van der Waals surface area (Å²) in [5.74, 6) is 1.19. The van der Waals surface area contributed by atoms with Crippen molar-refractivity contribution in [1.29, 1.82) is 0 Å². The van der Waals surface area contributed by atoms with E-state index in [-0.39, 0.29) is 19.1 Å². The fourth-order valence-electron chi connectivity index (χ4n) is 2.15. The topological polar surface area (TPSA) is 68.5 Å². The molecule has 0 aliphatic heterocycles. The quantitative estimate of drug-likeness (QED) is 0.526. The Bertz CT molecular complexity index is 900. The summed E-state index contributed by atoms with van der Waals surface area (Å²) in [4.78, 5) is 13.7. The van der Waals surface area contributed by atoms with Crippen LogP contribution in [0, 0.1) is 0 Å². The van der Waals surface area contributed by atoms with Gasteiger partial charge >= 0.3 is 0 Å². The molecule has 0 fully saturated rings. The molecule has 1 amide bonds. The van der Waals surface area contributed by atoms with Gasteiger partial charge in [-0.05, 0) is 46.3 Å². The third-order valence-electron chi connectivity index (χ3n) is 3.53. The molecule has 1 heterocycles. The summed E-state index contributed by atoms with van der Waals surface area (Å²) in [7, 11) is 1.66. The molecule has 0 aliphatic carbocycles. The van der Waals surface area contributed by atoms with Gasteiger partial charge in [0, 0.05) is 17.1 Å². The van der Waals surface area contributed by atoms with Crippen LogP contribution in [0.1, 0.15) is 5.89 Å². The van der Waals surface area contributed by atoms with Gasteiger partial charge in [0.1, 0.15) is 5.75 Å². The SMILES string of the molecule is CN(Cc1nnc(-c2ccccc2)o1)C(=O)COc1ccc(Br)cc1Br. The van der Waals surface area contributed by atoms with Crippen molar-refractivity contribution >= 4 is 37.8 Å². The van der Waals surface area contributed by atoms with Crippen molar-refractivity contribution in [2.75, 3.05) is 13.7 Å². The van der Waals surface area contributed by atoms with Crippen LogP contribution in [0.2, 0.25) is 0 Å². The Morgan fingerprint density at radius 1 is 1.15 bits per heavy atom. The van der Waals surface area contributed by atoms with E-state index in [4.69, 9.17) is 9.15 Å². The Morgan fingerprint density at radius 3 is 2.65 bits per heavy atom. The van der Waals surface area contributed by atoms with Crippen molar-refractivity contribution in [3.63, 3.8) is 0 Å². The van der Waals surface area contributed by atoms with E-state index in [2.05, 4.69) is 42.1 Å². The minimum absolute atomic E-state index is 0.0869. The van der Waals surface area contributed by atoms with Gasteiger partial charge in [-0.2, -0.15) is 0 Å². The molecule has 0 aliphatic rings. The lowest BCUT2D eigenvalue weighted by atomic mass is 10.2. The zero-order valence-corrected chi connectivity index (χ0v) is 17.0. The number of carbonyl (C=O) groups is 1. The highest BCUT2D eigenvalue weighted by atomic mass is 79.9. The molecule has 3 rings (SSSR count). The highest BCUT2D eigenvalue weighted by Gasteiger charge is 2.15. The summed E-state index contributed by atoms with van der Waals surface area (Å²) < 4.78 is 12.9. The van der Waals surface area contributed by atoms with Gasteiger partial charge in [-0.1, -0.05) is 34.1 Å². The van der Waals surface area contributed by atoms with E-state index in [0.717, 1.165) is 14.5 Å². The van der Waals surface area contributed by atoms with Gasteiger partial charge in [0.25, 0.3) is 5.91 Å². The lowest BCUT2D eigenvalue weighted by molar-refractivity contribution is -0.132. The standard InChI is InChI=1S/C18H15Br2N3O3/c1-23(17(24)11-25-15-8-7-13(19)9-14(15)20)10-16-21-22-18(26-16)12-5-3-2-4-6-12/h2-9H,10-11H2,1H3. The molecule has 0 N–H and O–H groups in total. The minimum Gasteiger partial charge on any atom is -0.483 e. The second kappa shape index (κ2) is 8.46. The lowest BCUT2D eigenvalue weighted by Gasteiger charge is -2.15. The van der Waals surface area contributed by atoms with Crippen LogP contribution in [0.15, 0.2) is 61.9 Å². The van der Waals surface area contributed by atoms with Gasteiger partial charge in [0.2, 0.25) is 11.8 Å². The predicted molar refractivity (Wildman–Crippen MR) is 104 cm³/mol. The van der Waals surface area contributed by atoms with E-state index in [0.29, 0.717) is 17.5 Å². The molecule has 0 unspecified atom stereocenters. The maximum Gasteiger partial charge on any atom is 0.260 e. The number of nitrogens with zero attached hydrogens (tertiary/aromatic N) is 3. The molecule has 2 aromatic carbocycles. The molecule has 1 aromatic heterocycles. The molecule has 0 saturated heterocycles. The van der Waals surface area contributed by atoms with Gasteiger partial charge in [-0.25, -0.2) is 0 Å². The highest BCUT2D eigenvalue weighted by Crippen LogP contribution is 2.28. The summed E-state index contributed by atoms with van der Waals surface area (Å²) in [6.45, 7) is 0.125. The zero-order valence-electron chi connectivity index (χ0n) is 13.9. The van der Waals surface area contributed by atoms with Gasteiger partial charge in [-0.3, -0.25) is 4.79 Å². The van der Waals surface area contributed by atoms with Crippen LogP contribution in [0.3, 0.4) is 0 Å². The van der Waals surface area contributed by atoms with Crippen molar-refractivity contribution in [2.45, 2.75) is 6.54 Å². The highest BCUT2D eigenvalue weighted by molar-refractivity contribution is 9.11.